The lowest BCUT2D eigenvalue weighted by Gasteiger charge is -2.14. The number of nitrogens with two attached hydrogens (primary N) is 1. The van der Waals surface area contributed by atoms with Crippen LogP contribution in [0.25, 0.3) is 10.2 Å². The molecule has 1 aliphatic carbocycles. The maximum atomic E-state index is 13.0. The van der Waals surface area contributed by atoms with E-state index in [4.69, 9.17) is 5.73 Å². The summed E-state index contributed by atoms with van der Waals surface area (Å²) in [7, 11) is 0. The number of amides is 2. The molecule has 2 amide bonds. The standard InChI is InChI=1S/C23H25FN4O3S2/c24-15-6-4-13(5-7-15)10-14(21(25)30)11-26-19(29)8-9-32-12-18-27-22(31)20-16-2-1-3-17(16)33-23(20)28-18/h4-7,14H,1-3,8-12H2,(H2,25,30)(H,26,29)(H,27,28,31). The van der Waals surface area contributed by atoms with Crippen LogP contribution in [-0.2, 0) is 34.6 Å². The van der Waals surface area contributed by atoms with Gasteiger partial charge in [-0.05, 0) is 48.9 Å². The Morgan fingerprint density at radius 1 is 1.27 bits per heavy atom. The molecule has 0 fully saturated rings. The number of nitrogens with one attached hydrogen (secondary N) is 2. The van der Waals surface area contributed by atoms with E-state index in [1.54, 1.807) is 23.5 Å². The third kappa shape index (κ3) is 5.80. The molecule has 7 nitrogen and oxygen atoms in total. The molecule has 1 aromatic carbocycles. The molecule has 0 spiro atoms. The fraction of sp³-hybridized carbons (Fsp3) is 0.391. The highest BCUT2D eigenvalue weighted by Crippen LogP contribution is 2.34. The predicted molar refractivity (Wildman–Crippen MR) is 129 cm³/mol. The van der Waals surface area contributed by atoms with Gasteiger partial charge in [0, 0.05) is 23.6 Å². The molecule has 0 saturated carbocycles. The fourth-order valence-corrected chi connectivity index (χ4v) is 6.04. The van der Waals surface area contributed by atoms with Crippen molar-refractivity contribution in [1.29, 1.82) is 0 Å². The van der Waals surface area contributed by atoms with E-state index in [0.717, 1.165) is 40.6 Å². The second kappa shape index (κ2) is 10.5. The molecule has 0 bridgehead atoms. The summed E-state index contributed by atoms with van der Waals surface area (Å²) in [5.41, 5.74) is 7.32. The number of hydrogen-bond donors (Lipinski definition) is 3. The summed E-state index contributed by atoms with van der Waals surface area (Å²) >= 11 is 3.12. The number of primary amides is 1. The minimum absolute atomic E-state index is 0.0774. The number of hydrogen-bond acceptors (Lipinski definition) is 6. The molecule has 10 heteroatoms. The third-order valence-corrected chi connectivity index (χ3v) is 7.84. The van der Waals surface area contributed by atoms with Crippen molar-refractivity contribution in [2.24, 2.45) is 11.7 Å². The van der Waals surface area contributed by atoms with Gasteiger partial charge in [0.15, 0.2) is 0 Å². The Balaban J connectivity index is 1.22. The Labute approximate surface area is 198 Å². The Morgan fingerprint density at radius 2 is 2.06 bits per heavy atom. The van der Waals surface area contributed by atoms with Gasteiger partial charge in [-0.2, -0.15) is 11.8 Å². The Hall–Kier alpha value is -2.72. The molecule has 174 valence electrons. The number of fused-ring (bicyclic) bond motifs is 3. The molecule has 0 aliphatic heterocycles. The topological polar surface area (TPSA) is 118 Å². The van der Waals surface area contributed by atoms with Gasteiger partial charge in [0.2, 0.25) is 11.8 Å². The van der Waals surface area contributed by atoms with Gasteiger partial charge >= 0.3 is 0 Å². The largest absolute Gasteiger partial charge is 0.369 e. The number of nitrogens with zero attached hydrogens (tertiary/aromatic N) is 1. The number of carbonyl (C=O) groups excluding carboxylic acids is 2. The van der Waals surface area contributed by atoms with Crippen molar-refractivity contribution < 1.29 is 14.0 Å². The van der Waals surface area contributed by atoms with E-state index >= 15 is 0 Å². The zero-order chi connectivity index (χ0) is 23.4. The highest BCUT2D eigenvalue weighted by Gasteiger charge is 2.21. The van der Waals surface area contributed by atoms with Crippen LogP contribution in [0.15, 0.2) is 29.1 Å². The van der Waals surface area contributed by atoms with Crippen LogP contribution in [0.3, 0.4) is 0 Å². The van der Waals surface area contributed by atoms with Crippen LogP contribution >= 0.6 is 23.1 Å². The van der Waals surface area contributed by atoms with Gasteiger partial charge in [-0.3, -0.25) is 14.4 Å². The molecule has 33 heavy (non-hydrogen) atoms. The zero-order valence-electron chi connectivity index (χ0n) is 18.0. The van der Waals surface area contributed by atoms with E-state index in [0.29, 0.717) is 23.8 Å². The number of H-pyrrole nitrogens is 1. The van der Waals surface area contributed by atoms with Crippen LogP contribution in [0, 0.1) is 11.7 Å². The van der Waals surface area contributed by atoms with Gasteiger partial charge < -0.3 is 16.0 Å². The first-order chi connectivity index (χ1) is 15.9. The smallest absolute Gasteiger partial charge is 0.259 e. The minimum atomic E-state index is -0.569. The van der Waals surface area contributed by atoms with Gasteiger partial charge in [0.1, 0.15) is 16.5 Å². The lowest BCUT2D eigenvalue weighted by atomic mass is 9.98. The average molecular weight is 489 g/mol. The van der Waals surface area contributed by atoms with Crippen molar-refractivity contribution in [1.82, 2.24) is 15.3 Å². The molecule has 1 atom stereocenters. The van der Waals surface area contributed by atoms with Gasteiger partial charge in [-0.15, -0.1) is 11.3 Å². The normalized spacial score (nSPS) is 13.7. The van der Waals surface area contributed by atoms with E-state index in [1.807, 2.05) is 0 Å². The number of rotatable bonds is 10. The maximum Gasteiger partial charge on any atom is 0.259 e. The first-order valence-corrected chi connectivity index (χ1v) is 12.8. The molecule has 0 saturated heterocycles. The fourth-order valence-electron chi connectivity index (χ4n) is 3.95. The van der Waals surface area contributed by atoms with Crippen molar-refractivity contribution >= 4 is 45.1 Å². The lowest BCUT2D eigenvalue weighted by molar-refractivity contribution is -0.123. The maximum absolute atomic E-state index is 13.0. The monoisotopic (exact) mass is 488 g/mol. The molecule has 2 aromatic heterocycles. The van der Waals surface area contributed by atoms with Crippen LogP contribution < -0.4 is 16.6 Å². The van der Waals surface area contributed by atoms with Crippen molar-refractivity contribution in [3.05, 3.63) is 62.3 Å². The molecule has 4 N–H and O–H groups in total. The first-order valence-electron chi connectivity index (χ1n) is 10.8. The van der Waals surface area contributed by atoms with Crippen LogP contribution in [-0.4, -0.2) is 34.1 Å². The highest BCUT2D eigenvalue weighted by atomic mass is 32.2. The number of aromatic nitrogens is 2. The molecule has 1 unspecified atom stereocenters. The number of thiophene rings is 1. The van der Waals surface area contributed by atoms with Gasteiger partial charge in [0.05, 0.1) is 17.1 Å². The van der Waals surface area contributed by atoms with Crippen molar-refractivity contribution in [2.45, 2.75) is 37.9 Å². The highest BCUT2D eigenvalue weighted by molar-refractivity contribution is 7.98. The quantitative estimate of drug-likeness (QED) is 0.379. The summed E-state index contributed by atoms with van der Waals surface area (Å²) in [6.07, 6.45) is 3.67. The molecule has 4 rings (SSSR count). The van der Waals surface area contributed by atoms with E-state index in [1.165, 1.54) is 28.8 Å². The minimum Gasteiger partial charge on any atom is -0.369 e. The molecular formula is C23H25FN4O3S2. The SMILES string of the molecule is NC(=O)C(CNC(=O)CCSCc1nc2sc3c(c2c(=O)[nH]1)CCC3)Cc1ccc(F)cc1. The Bertz CT molecular complexity index is 1220. The van der Waals surface area contributed by atoms with E-state index in [-0.39, 0.29) is 30.2 Å². The molecule has 3 aromatic rings. The van der Waals surface area contributed by atoms with Crippen LogP contribution in [0.1, 0.15) is 34.7 Å². The van der Waals surface area contributed by atoms with E-state index in [9.17, 15) is 18.8 Å². The summed E-state index contributed by atoms with van der Waals surface area (Å²) in [6, 6.07) is 5.86. The van der Waals surface area contributed by atoms with Crippen molar-refractivity contribution in [3.8, 4) is 0 Å². The lowest BCUT2D eigenvalue weighted by Crippen LogP contribution is -2.37. The van der Waals surface area contributed by atoms with Crippen molar-refractivity contribution in [3.63, 3.8) is 0 Å². The molecule has 1 aliphatic rings. The number of aromatic amines is 1. The Morgan fingerprint density at radius 3 is 2.82 bits per heavy atom. The second-order valence-corrected chi connectivity index (χ2v) is 10.3. The Kier molecular flexibility index (Phi) is 7.44. The predicted octanol–water partition coefficient (Wildman–Crippen LogP) is 2.70. The molecular weight excluding hydrogens is 463 g/mol. The summed E-state index contributed by atoms with van der Waals surface area (Å²) in [5.74, 6) is 0.0618. The van der Waals surface area contributed by atoms with Crippen LogP contribution in [0.5, 0.6) is 0 Å². The van der Waals surface area contributed by atoms with E-state index < -0.39 is 11.8 Å². The number of halogens is 1. The summed E-state index contributed by atoms with van der Waals surface area (Å²) in [4.78, 5) is 46.0. The van der Waals surface area contributed by atoms with Crippen molar-refractivity contribution in [2.75, 3.05) is 12.3 Å². The molecule has 0 radical (unpaired) electrons. The summed E-state index contributed by atoms with van der Waals surface area (Å²) < 4.78 is 13.0. The first kappa shape index (κ1) is 23.4. The summed E-state index contributed by atoms with van der Waals surface area (Å²) in [6.45, 7) is 0.130. The number of benzene rings is 1. The average Bonchev–Trinajstić information content (AvgIpc) is 3.36. The zero-order valence-corrected chi connectivity index (χ0v) is 19.6. The van der Waals surface area contributed by atoms with E-state index in [2.05, 4.69) is 15.3 Å². The number of aryl methyl sites for hydroxylation is 2. The second-order valence-electron chi connectivity index (χ2n) is 8.09. The number of carbonyl (C=O) groups is 2. The summed E-state index contributed by atoms with van der Waals surface area (Å²) in [5, 5.41) is 3.49. The van der Waals surface area contributed by atoms with Gasteiger partial charge in [-0.1, -0.05) is 12.1 Å². The number of thioether (sulfide) groups is 1. The van der Waals surface area contributed by atoms with Gasteiger partial charge in [-0.25, -0.2) is 9.37 Å². The van der Waals surface area contributed by atoms with Gasteiger partial charge in [0.25, 0.3) is 5.56 Å². The van der Waals surface area contributed by atoms with Crippen LogP contribution in [0.4, 0.5) is 4.39 Å². The third-order valence-electron chi connectivity index (χ3n) is 5.68. The van der Waals surface area contributed by atoms with Crippen LogP contribution in [0.2, 0.25) is 0 Å². The molecule has 2 heterocycles.